The zero-order valence-corrected chi connectivity index (χ0v) is 12.4. The molecule has 0 radical (unpaired) electrons. The molecular formula is C12H20N4O2S. The number of carbonyl (C=O) groups is 1. The average Bonchev–Trinajstić information content (AvgIpc) is 2.91. The average molecular weight is 284 g/mol. The van der Waals surface area contributed by atoms with E-state index in [1.165, 1.54) is 11.8 Å². The molecule has 106 valence electrons. The summed E-state index contributed by atoms with van der Waals surface area (Å²) in [6.45, 7) is 6.21. The van der Waals surface area contributed by atoms with Gasteiger partial charge >= 0.3 is 5.97 Å². The van der Waals surface area contributed by atoms with Gasteiger partial charge < -0.3 is 14.6 Å². The molecule has 1 aromatic heterocycles. The number of likely N-dealkylation sites (N-methyl/N-ethyl adjacent to an activating group) is 1. The third-order valence-electron chi connectivity index (χ3n) is 3.26. The predicted molar refractivity (Wildman–Crippen MR) is 73.6 cm³/mol. The van der Waals surface area contributed by atoms with Gasteiger partial charge in [-0.2, -0.15) is 0 Å². The minimum atomic E-state index is -0.825. The fourth-order valence-corrected chi connectivity index (χ4v) is 3.11. The van der Waals surface area contributed by atoms with Gasteiger partial charge in [0.05, 0.1) is 11.8 Å². The lowest BCUT2D eigenvalue weighted by Gasteiger charge is -2.18. The van der Waals surface area contributed by atoms with Crippen LogP contribution in [0.1, 0.15) is 38.1 Å². The lowest BCUT2D eigenvalue weighted by atomic mass is 10.2. The van der Waals surface area contributed by atoms with Gasteiger partial charge in [0.1, 0.15) is 5.82 Å². The fraction of sp³-hybridized carbons (Fsp3) is 0.750. The first-order valence-corrected chi connectivity index (χ1v) is 7.45. The largest absolute Gasteiger partial charge is 0.481 e. The number of rotatable bonds is 5. The summed E-state index contributed by atoms with van der Waals surface area (Å²) in [6.07, 6.45) is 1.06. The van der Waals surface area contributed by atoms with E-state index in [0.717, 1.165) is 30.5 Å². The summed E-state index contributed by atoms with van der Waals surface area (Å²) < 4.78 is 2.14. The topological polar surface area (TPSA) is 71.2 Å². The van der Waals surface area contributed by atoms with Crippen LogP contribution in [-0.2, 0) is 4.79 Å². The number of aliphatic carboxylic acids is 1. The number of nitrogens with zero attached hydrogens (tertiary/aromatic N) is 4. The summed E-state index contributed by atoms with van der Waals surface area (Å²) in [5.74, 6) is 0.443. The van der Waals surface area contributed by atoms with E-state index in [4.69, 9.17) is 5.11 Å². The van der Waals surface area contributed by atoms with E-state index in [1.807, 2.05) is 0 Å². The van der Waals surface area contributed by atoms with Gasteiger partial charge in [-0.3, -0.25) is 4.79 Å². The molecule has 19 heavy (non-hydrogen) atoms. The fourth-order valence-electron chi connectivity index (χ4n) is 2.37. The van der Waals surface area contributed by atoms with E-state index >= 15 is 0 Å². The van der Waals surface area contributed by atoms with Crippen LogP contribution < -0.4 is 0 Å². The van der Waals surface area contributed by atoms with Gasteiger partial charge in [0.15, 0.2) is 5.16 Å². The van der Waals surface area contributed by atoms with Gasteiger partial charge in [0.2, 0.25) is 0 Å². The number of thioether (sulfide) groups is 1. The molecule has 0 amide bonds. The Hall–Kier alpha value is -1.08. The lowest BCUT2D eigenvalue weighted by molar-refractivity contribution is -0.133. The Morgan fingerprint density at radius 1 is 1.53 bits per heavy atom. The molecule has 1 unspecified atom stereocenters. The molecule has 0 spiro atoms. The summed E-state index contributed by atoms with van der Waals surface area (Å²) in [6, 6.07) is 0.355. The highest BCUT2D eigenvalue weighted by molar-refractivity contribution is 7.99. The second-order valence-electron chi connectivity index (χ2n) is 5.25. The Morgan fingerprint density at radius 2 is 2.26 bits per heavy atom. The van der Waals surface area contributed by atoms with Crippen LogP contribution in [-0.4, -0.2) is 56.6 Å². The number of likely N-dealkylation sites (tertiary alicyclic amines) is 1. The molecule has 1 atom stereocenters. The van der Waals surface area contributed by atoms with Crippen molar-refractivity contribution in [3.63, 3.8) is 0 Å². The van der Waals surface area contributed by atoms with Crippen molar-refractivity contribution in [2.24, 2.45) is 0 Å². The van der Waals surface area contributed by atoms with Crippen LogP contribution in [0.4, 0.5) is 0 Å². The Balaban J connectivity index is 2.25. The van der Waals surface area contributed by atoms with Gasteiger partial charge in [0.25, 0.3) is 0 Å². The van der Waals surface area contributed by atoms with E-state index in [9.17, 15) is 4.79 Å². The first-order chi connectivity index (χ1) is 8.99. The SMILES string of the molecule is CC(C)c1nnc(SCC(=O)O)n1C1CCN(C)C1. The van der Waals surface area contributed by atoms with Crippen molar-refractivity contribution in [1.29, 1.82) is 0 Å². The Labute approximate surface area is 117 Å². The van der Waals surface area contributed by atoms with Gasteiger partial charge in [-0.25, -0.2) is 0 Å². The molecule has 0 bridgehead atoms. The van der Waals surface area contributed by atoms with E-state index in [0.29, 0.717) is 6.04 Å². The summed E-state index contributed by atoms with van der Waals surface area (Å²) in [7, 11) is 2.10. The monoisotopic (exact) mass is 284 g/mol. The van der Waals surface area contributed by atoms with Crippen LogP contribution in [0.5, 0.6) is 0 Å². The van der Waals surface area contributed by atoms with Gasteiger partial charge in [0, 0.05) is 12.5 Å². The maximum atomic E-state index is 10.7. The minimum Gasteiger partial charge on any atom is -0.481 e. The maximum absolute atomic E-state index is 10.7. The van der Waals surface area contributed by atoms with Crippen molar-refractivity contribution in [3.05, 3.63) is 5.82 Å². The standard InChI is InChI=1S/C12H20N4O2S/c1-8(2)11-13-14-12(19-7-10(17)18)16(11)9-4-5-15(3)6-9/h8-9H,4-7H2,1-3H3,(H,17,18). The van der Waals surface area contributed by atoms with Crippen molar-refractivity contribution < 1.29 is 9.90 Å². The zero-order valence-electron chi connectivity index (χ0n) is 11.5. The molecule has 7 heteroatoms. The number of aromatic nitrogens is 3. The summed E-state index contributed by atoms with van der Waals surface area (Å²) >= 11 is 1.25. The van der Waals surface area contributed by atoms with Gasteiger partial charge in [-0.15, -0.1) is 10.2 Å². The second kappa shape index (κ2) is 5.92. The zero-order chi connectivity index (χ0) is 14.0. The number of hydrogen-bond donors (Lipinski definition) is 1. The normalized spacial score (nSPS) is 20.3. The second-order valence-corrected chi connectivity index (χ2v) is 6.20. The molecule has 2 heterocycles. The molecule has 0 aromatic carbocycles. The molecule has 1 aliphatic heterocycles. The van der Waals surface area contributed by atoms with Gasteiger partial charge in [-0.05, 0) is 20.0 Å². The highest BCUT2D eigenvalue weighted by Crippen LogP contribution is 2.30. The molecule has 1 aromatic rings. The lowest BCUT2D eigenvalue weighted by Crippen LogP contribution is -2.19. The number of carboxylic acids is 1. The van der Waals surface area contributed by atoms with Crippen molar-refractivity contribution in [3.8, 4) is 0 Å². The van der Waals surface area contributed by atoms with Crippen molar-refractivity contribution in [2.45, 2.75) is 37.4 Å². The van der Waals surface area contributed by atoms with Crippen molar-refractivity contribution in [1.82, 2.24) is 19.7 Å². The number of carboxylic acid groups (broad SMARTS) is 1. The van der Waals surface area contributed by atoms with Crippen LogP contribution in [0.25, 0.3) is 0 Å². The van der Waals surface area contributed by atoms with E-state index < -0.39 is 5.97 Å². The molecule has 1 aliphatic rings. The molecule has 0 aliphatic carbocycles. The summed E-state index contributed by atoms with van der Waals surface area (Å²) in [5.41, 5.74) is 0. The van der Waals surface area contributed by atoms with Crippen LogP contribution in [0, 0.1) is 0 Å². The smallest absolute Gasteiger partial charge is 0.313 e. The highest BCUT2D eigenvalue weighted by Gasteiger charge is 2.27. The molecule has 1 N–H and O–H groups in total. The molecule has 6 nitrogen and oxygen atoms in total. The molecular weight excluding hydrogens is 264 g/mol. The van der Waals surface area contributed by atoms with Crippen LogP contribution >= 0.6 is 11.8 Å². The Kier molecular flexibility index (Phi) is 4.46. The van der Waals surface area contributed by atoms with Crippen molar-refractivity contribution in [2.75, 3.05) is 25.9 Å². The third-order valence-corrected chi connectivity index (χ3v) is 4.19. The molecule has 1 fully saturated rings. The van der Waals surface area contributed by atoms with E-state index in [-0.39, 0.29) is 11.7 Å². The highest BCUT2D eigenvalue weighted by atomic mass is 32.2. The van der Waals surface area contributed by atoms with Crippen LogP contribution in [0.3, 0.4) is 0 Å². The van der Waals surface area contributed by atoms with E-state index in [1.54, 1.807) is 0 Å². The van der Waals surface area contributed by atoms with Crippen LogP contribution in [0.15, 0.2) is 5.16 Å². The third kappa shape index (κ3) is 3.27. The predicted octanol–water partition coefficient (Wildman–Crippen LogP) is 1.45. The molecule has 1 saturated heterocycles. The first kappa shape index (κ1) is 14.3. The van der Waals surface area contributed by atoms with E-state index in [2.05, 4.69) is 40.6 Å². The van der Waals surface area contributed by atoms with Crippen LogP contribution in [0.2, 0.25) is 0 Å². The molecule has 2 rings (SSSR count). The first-order valence-electron chi connectivity index (χ1n) is 6.47. The number of hydrogen-bond acceptors (Lipinski definition) is 5. The summed E-state index contributed by atoms with van der Waals surface area (Å²) in [4.78, 5) is 13.0. The Morgan fingerprint density at radius 3 is 2.79 bits per heavy atom. The maximum Gasteiger partial charge on any atom is 0.313 e. The quantitative estimate of drug-likeness (QED) is 0.825. The van der Waals surface area contributed by atoms with Crippen molar-refractivity contribution >= 4 is 17.7 Å². The minimum absolute atomic E-state index is 0.0266. The molecule has 0 saturated carbocycles. The summed E-state index contributed by atoms with van der Waals surface area (Å²) in [5, 5.41) is 17.9. The Bertz CT molecular complexity index is 461. The van der Waals surface area contributed by atoms with Gasteiger partial charge in [-0.1, -0.05) is 25.6 Å².